The van der Waals surface area contributed by atoms with E-state index in [9.17, 15) is 18.0 Å². The number of aryl methyl sites for hydroxylation is 2. The third-order valence-electron chi connectivity index (χ3n) is 6.04. The Morgan fingerprint density at radius 3 is 2.29 bits per heavy atom. The van der Waals surface area contributed by atoms with Crippen LogP contribution in [0.25, 0.3) is 11.1 Å². The summed E-state index contributed by atoms with van der Waals surface area (Å²) in [5, 5.41) is 2.80. The highest BCUT2D eigenvalue weighted by atomic mass is 19.4. The number of piperazine rings is 1. The monoisotopic (exact) mass is 472 g/mol. The van der Waals surface area contributed by atoms with E-state index in [1.54, 1.807) is 11.9 Å². The zero-order chi connectivity index (χ0) is 24.5. The maximum atomic E-state index is 13.4. The Morgan fingerprint density at radius 1 is 1.06 bits per heavy atom. The summed E-state index contributed by atoms with van der Waals surface area (Å²) in [5.74, 6) is 0.416. The van der Waals surface area contributed by atoms with Gasteiger partial charge in [0.2, 0.25) is 11.9 Å². The van der Waals surface area contributed by atoms with E-state index in [2.05, 4.69) is 15.3 Å². The zero-order valence-electron chi connectivity index (χ0n) is 19.4. The van der Waals surface area contributed by atoms with Crippen molar-refractivity contribution in [1.29, 1.82) is 0 Å². The van der Waals surface area contributed by atoms with Gasteiger partial charge in [0.25, 0.3) is 0 Å². The lowest BCUT2D eigenvalue weighted by Crippen LogP contribution is -2.49. The van der Waals surface area contributed by atoms with E-state index in [-0.39, 0.29) is 12.5 Å². The number of nitrogens with one attached hydrogen (secondary N) is 1. The first kappa shape index (κ1) is 23.6. The molecule has 0 unspecified atom stereocenters. The molecule has 1 aliphatic rings. The summed E-state index contributed by atoms with van der Waals surface area (Å²) in [6.07, 6.45) is 0.524. The molecule has 180 valence electrons. The van der Waals surface area contributed by atoms with Crippen LogP contribution in [0, 0.1) is 13.8 Å². The Bertz CT molecular complexity index is 1160. The maximum Gasteiger partial charge on any atom is 0.416 e. The fraction of sp³-hybridized carbons (Fsp3) is 0.375. The lowest BCUT2D eigenvalue weighted by atomic mass is 10.0. The quantitative estimate of drug-likeness (QED) is 0.609. The largest absolute Gasteiger partial charge is 0.416 e. The van der Waals surface area contributed by atoms with Crippen LogP contribution in [0.15, 0.2) is 42.9 Å². The molecule has 1 N–H and O–H groups in total. The smallest absolute Gasteiger partial charge is 0.367 e. The van der Waals surface area contributed by atoms with Crippen LogP contribution in [-0.2, 0) is 17.5 Å². The summed E-state index contributed by atoms with van der Waals surface area (Å²) in [6, 6.07) is 5.76. The van der Waals surface area contributed by atoms with Gasteiger partial charge in [-0.15, -0.1) is 0 Å². The summed E-state index contributed by atoms with van der Waals surface area (Å²) in [7, 11) is 1.67. The second-order valence-corrected chi connectivity index (χ2v) is 8.43. The SMILES string of the molecule is CNc1ncc(-c2cc(C(F)(F)F)ccc2N2CCN(C(=O)Cn3cc(C)cc3C)CC2)cn1. The molecule has 1 saturated heterocycles. The van der Waals surface area contributed by atoms with Crippen LogP contribution in [0.4, 0.5) is 24.8 Å². The number of anilines is 2. The molecule has 0 radical (unpaired) electrons. The molecule has 3 heterocycles. The number of amides is 1. The van der Waals surface area contributed by atoms with Crippen molar-refractivity contribution in [2.45, 2.75) is 26.6 Å². The van der Waals surface area contributed by atoms with E-state index < -0.39 is 11.7 Å². The zero-order valence-corrected chi connectivity index (χ0v) is 19.4. The van der Waals surface area contributed by atoms with Crippen LogP contribution < -0.4 is 10.2 Å². The van der Waals surface area contributed by atoms with Crippen LogP contribution in [0.2, 0.25) is 0 Å². The first-order valence-corrected chi connectivity index (χ1v) is 11.0. The molecule has 7 nitrogen and oxygen atoms in total. The Balaban J connectivity index is 1.53. The van der Waals surface area contributed by atoms with Crippen molar-refractivity contribution in [1.82, 2.24) is 19.4 Å². The summed E-state index contributed by atoms with van der Waals surface area (Å²) < 4.78 is 42.2. The normalized spacial score (nSPS) is 14.4. The van der Waals surface area contributed by atoms with Crippen LogP contribution in [-0.4, -0.2) is 58.6 Å². The molecule has 1 aliphatic heterocycles. The minimum atomic E-state index is -4.46. The molecule has 1 fully saturated rings. The molecule has 34 heavy (non-hydrogen) atoms. The van der Waals surface area contributed by atoms with E-state index >= 15 is 0 Å². The van der Waals surface area contributed by atoms with E-state index in [4.69, 9.17) is 0 Å². The van der Waals surface area contributed by atoms with Gasteiger partial charge in [-0.25, -0.2) is 9.97 Å². The van der Waals surface area contributed by atoms with E-state index in [1.807, 2.05) is 35.6 Å². The molecule has 0 bridgehead atoms. The van der Waals surface area contributed by atoms with Crippen molar-refractivity contribution in [3.8, 4) is 11.1 Å². The van der Waals surface area contributed by atoms with Gasteiger partial charge in [0.15, 0.2) is 0 Å². The predicted octanol–water partition coefficient (Wildman–Crippen LogP) is 3.97. The van der Waals surface area contributed by atoms with Gasteiger partial charge >= 0.3 is 6.18 Å². The number of hydrogen-bond donors (Lipinski definition) is 1. The number of aromatic nitrogens is 3. The molecule has 10 heteroatoms. The highest BCUT2D eigenvalue weighted by Gasteiger charge is 2.32. The number of rotatable bonds is 5. The maximum absolute atomic E-state index is 13.4. The molecular formula is C24H27F3N6O. The molecule has 2 aromatic heterocycles. The van der Waals surface area contributed by atoms with Gasteiger partial charge in [-0.2, -0.15) is 13.2 Å². The van der Waals surface area contributed by atoms with Gasteiger partial charge in [0.05, 0.1) is 5.56 Å². The summed E-state index contributed by atoms with van der Waals surface area (Å²) in [6.45, 7) is 6.26. The van der Waals surface area contributed by atoms with E-state index in [0.29, 0.717) is 48.9 Å². The molecule has 1 aromatic carbocycles. The lowest BCUT2D eigenvalue weighted by molar-refractivity contribution is -0.137. The predicted molar refractivity (Wildman–Crippen MR) is 125 cm³/mol. The molecule has 4 rings (SSSR count). The molecule has 0 saturated carbocycles. The Labute approximate surface area is 196 Å². The van der Waals surface area contributed by atoms with Crippen LogP contribution in [0.1, 0.15) is 16.8 Å². The molecule has 0 spiro atoms. The number of benzene rings is 1. The topological polar surface area (TPSA) is 66.3 Å². The number of nitrogens with zero attached hydrogens (tertiary/aromatic N) is 5. The fourth-order valence-corrected chi connectivity index (χ4v) is 4.23. The van der Waals surface area contributed by atoms with Crippen molar-refractivity contribution < 1.29 is 18.0 Å². The standard InChI is InChI=1S/C24H27F3N6O/c1-16-10-17(2)33(14-16)15-22(34)32-8-6-31(7-9-32)21-5-4-19(24(25,26)27)11-20(21)18-12-29-23(28-3)30-13-18/h4-5,10-14H,6-9,15H2,1-3H3,(H,28,29,30). The van der Waals surface area contributed by atoms with E-state index in [0.717, 1.165) is 23.4 Å². The van der Waals surface area contributed by atoms with Gasteiger partial charge in [-0.3, -0.25) is 4.79 Å². The average molecular weight is 473 g/mol. The summed E-state index contributed by atoms with van der Waals surface area (Å²) in [4.78, 5) is 24.9. The van der Waals surface area contributed by atoms with Crippen molar-refractivity contribution in [2.75, 3.05) is 43.4 Å². The number of alkyl halides is 3. The molecule has 3 aromatic rings. The molecular weight excluding hydrogens is 445 g/mol. The number of carbonyl (C=O) groups is 1. The minimum absolute atomic E-state index is 0.0297. The third kappa shape index (κ3) is 5.00. The van der Waals surface area contributed by atoms with Crippen molar-refractivity contribution in [2.24, 2.45) is 0 Å². The Hall–Kier alpha value is -3.56. The first-order valence-electron chi connectivity index (χ1n) is 11.0. The number of hydrogen-bond acceptors (Lipinski definition) is 5. The fourth-order valence-electron chi connectivity index (χ4n) is 4.23. The average Bonchev–Trinajstić information content (AvgIpc) is 3.14. The van der Waals surface area contributed by atoms with Gasteiger partial charge < -0.3 is 19.7 Å². The lowest BCUT2D eigenvalue weighted by Gasteiger charge is -2.37. The Morgan fingerprint density at radius 2 is 1.74 bits per heavy atom. The van der Waals surface area contributed by atoms with Gasteiger partial charge in [0, 0.05) is 74.3 Å². The second kappa shape index (κ2) is 9.36. The first-order chi connectivity index (χ1) is 16.2. The number of halogens is 3. The van der Waals surface area contributed by atoms with Crippen LogP contribution in [0.5, 0.6) is 0 Å². The van der Waals surface area contributed by atoms with E-state index in [1.165, 1.54) is 18.5 Å². The third-order valence-corrected chi connectivity index (χ3v) is 6.04. The summed E-state index contributed by atoms with van der Waals surface area (Å²) in [5.41, 5.74) is 2.99. The van der Waals surface area contributed by atoms with Crippen molar-refractivity contribution >= 4 is 17.5 Å². The molecule has 1 amide bonds. The van der Waals surface area contributed by atoms with Crippen LogP contribution in [0.3, 0.4) is 0 Å². The molecule has 0 aliphatic carbocycles. The van der Waals surface area contributed by atoms with Crippen LogP contribution >= 0.6 is 0 Å². The highest BCUT2D eigenvalue weighted by Crippen LogP contribution is 2.37. The van der Waals surface area contributed by atoms with Gasteiger partial charge in [-0.1, -0.05) is 0 Å². The van der Waals surface area contributed by atoms with Gasteiger partial charge in [0.1, 0.15) is 6.54 Å². The van der Waals surface area contributed by atoms with Gasteiger partial charge in [-0.05, 0) is 43.7 Å². The van der Waals surface area contributed by atoms with Crippen molar-refractivity contribution in [3.05, 3.63) is 59.7 Å². The number of carbonyl (C=O) groups excluding carboxylic acids is 1. The second-order valence-electron chi connectivity index (χ2n) is 8.43. The highest BCUT2D eigenvalue weighted by molar-refractivity contribution is 5.80. The Kier molecular flexibility index (Phi) is 6.49. The minimum Gasteiger partial charge on any atom is -0.367 e. The van der Waals surface area contributed by atoms with Crippen molar-refractivity contribution in [3.63, 3.8) is 0 Å². The summed E-state index contributed by atoms with van der Waals surface area (Å²) >= 11 is 0. The molecule has 0 atom stereocenters.